The summed E-state index contributed by atoms with van der Waals surface area (Å²) in [4.78, 5) is 15.3. The van der Waals surface area contributed by atoms with Gasteiger partial charge in [0.15, 0.2) is 0 Å². The standard InChI is InChI=1S/C18H18FN5OS/c1-11-17(26-23-21-11)18(25)24-8-2-3-13(10-24)16-15(9-20-22-16)12-4-6-14(19)7-5-12/h4-7,9,13H,2-3,8,10H2,1H3,(H,20,22). The molecule has 0 radical (unpaired) electrons. The number of hydrogen-bond acceptors (Lipinski definition) is 5. The van der Waals surface area contributed by atoms with Gasteiger partial charge in [0.1, 0.15) is 10.7 Å². The lowest BCUT2D eigenvalue weighted by Gasteiger charge is -2.32. The maximum atomic E-state index is 13.2. The minimum absolute atomic E-state index is 0.00922. The molecule has 26 heavy (non-hydrogen) atoms. The molecule has 0 bridgehead atoms. The molecule has 3 aromatic rings. The summed E-state index contributed by atoms with van der Waals surface area (Å²) >= 11 is 1.14. The molecule has 1 fully saturated rings. The first-order valence-corrected chi connectivity index (χ1v) is 9.28. The van der Waals surface area contributed by atoms with Crippen LogP contribution in [0.25, 0.3) is 11.1 Å². The van der Waals surface area contributed by atoms with E-state index >= 15 is 0 Å². The molecule has 6 nitrogen and oxygen atoms in total. The lowest BCUT2D eigenvalue weighted by molar-refractivity contribution is 0.0710. The smallest absolute Gasteiger partial charge is 0.267 e. The topological polar surface area (TPSA) is 74.8 Å². The van der Waals surface area contributed by atoms with Crippen LogP contribution in [0.2, 0.25) is 0 Å². The minimum atomic E-state index is -0.262. The molecule has 1 aliphatic rings. The lowest BCUT2D eigenvalue weighted by atomic mass is 9.90. The summed E-state index contributed by atoms with van der Waals surface area (Å²) in [5.74, 6) is -0.108. The zero-order valence-electron chi connectivity index (χ0n) is 14.3. The van der Waals surface area contributed by atoms with E-state index in [2.05, 4.69) is 19.8 Å². The average Bonchev–Trinajstić information content (AvgIpc) is 3.31. The molecule has 1 N–H and O–H groups in total. The molecule has 4 rings (SSSR count). The number of aromatic amines is 1. The highest BCUT2D eigenvalue weighted by atomic mass is 32.1. The number of amides is 1. The Morgan fingerprint density at radius 2 is 2.15 bits per heavy atom. The van der Waals surface area contributed by atoms with Crippen LogP contribution in [0.1, 0.15) is 39.8 Å². The summed E-state index contributed by atoms with van der Waals surface area (Å²) in [6.45, 7) is 3.15. The van der Waals surface area contributed by atoms with Crippen LogP contribution in [0, 0.1) is 12.7 Å². The normalized spacial score (nSPS) is 17.5. The van der Waals surface area contributed by atoms with Crippen molar-refractivity contribution in [2.45, 2.75) is 25.7 Å². The van der Waals surface area contributed by atoms with Crippen molar-refractivity contribution in [1.82, 2.24) is 24.7 Å². The maximum Gasteiger partial charge on any atom is 0.267 e. The van der Waals surface area contributed by atoms with Gasteiger partial charge in [-0.25, -0.2) is 4.39 Å². The van der Waals surface area contributed by atoms with Crippen LogP contribution in [0.4, 0.5) is 4.39 Å². The van der Waals surface area contributed by atoms with Gasteiger partial charge in [0.2, 0.25) is 0 Å². The van der Waals surface area contributed by atoms with Crippen LogP contribution >= 0.6 is 11.5 Å². The summed E-state index contributed by atoms with van der Waals surface area (Å²) in [5, 5.41) is 11.2. The highest BCUT2D eigenvalue weighted by molar-refractivity contribution is 7.07. The van der Waals surface area contributed by atoms with Crippen molar-refractivity contribution in [3.63, 3.8) is 0 Å². The van der Waals surface area contributed by atoms with Crippen LogP contribution in [0.3, 0.4) is 0 Å². The second-order valence-corrected chi connectivity index (χ2v) is 7.24. The van der Waals surface area contributed by atoms with Crippen molar-refractivity contribution >= 4 is 17.4 Å². The number of hydrogen-bond donors (Lipinski definition) is 1. The fraction of sp³-hybridized carbons (Fsp3) is 0.333. The van der Waals surface area contributed by atoms with Crippen LogP contribution in [-0.4, -0.2) is 43.7 Å². The third-order valence-corrected chi connectivity index (χ3v) is 5.60. The van der Waals surface area contributed by atoms with E-state index in [9.17, 15) is 9.18 Å². The first kappa shape index (κ1) is 16.8. The van der Waals surface area contributed by atoms with Crippen molar-refractivity contribution in [3.05, 3.63) is 52.5 Å². The lowest BCUT2D eigenvalue weighted by Crippen LogP contribution is -2.39. The number of likely N-dealkylation sites (tertiary alicyclic amines) is 1. The van der Waals surface area contributed by atoms with Gasteiger partial charge in [0, 0.05) is 30.3 Å². The molecule has 0 saturated carbocycles. The van der Waals surface area contributed by atoms with Gasteiger partial charge in [-0.05, 0) is 49.0 Å². The first-order chi connectivity index (χ1) is 12.6. The molecule has 1 unspecified atom stereocenters. The number of rotatable bonds is 3. The molecule has 0 aliphatic carbocycles. The Labute approximate surface area is 154 Å². The molecule has 1 aliphatic heterocycles. The minimum Gasteiger partial charge on any atom is -0.337 e. The molecule has 1 aromatic carbocycles. The molecule has 1 atom stereocenters. The van der Waals surface area contributed by atoms with Gasteiger partial charge in [-0.3, -0.25) is 9.89 Å². The van der Waals surface area contributed by atoms with E-state index in [0.29, 0.717) is 17.1 Å². The fourth-order valence-electron chi connectivity index (χ4n) is 3.44. The van der Waals surface area contributed by atoms with E-state index < -0.39 is 0 Å². The fourth-order valence-corrected chi connectivity index (χ4v) is 4.06. The van der Waals surface area contributed by atoms with Crippen molar-refractivity contribution in [2.75, 3.05) is 13.1 Å². The summed E-state index contributed by atoms with van der Waals surface area (Å²) in [6.07, 6.45) is 3.66. The van der Waals surface area contributed by atoms with Gasteiger partial charge in [0.05, 0.1) is 11.9 Å². The van der Waals surface area contributed by atoms with Gasteiger partial charge >= 0.3 is 0 Å². The van der Waals surface area contributed by atoms with Crippen molar-refractivity contribution < 1.29 is 9.18 Å². The predicted octanol–water partition coefficient (Wildman–Crippen LogP) is 3.40. The number of nitrogens with one attached hydrogen (secondary N) is 1. The molecular formula is C18H18FN5OS. The number of nitrogens with zero attached hydrogens (tertiary/aromatic N) is 4. The van der Waals surface area contributed by atoms with E-state index in [1.165, 1.54) is 12.1 Å². The summed E-state index contributed by atoms with van der Waals surface area (Å²) in [5.41, 5.74) is 3.55. The summed E-state index contributed by atoms with van der Waals surface area (Å²) < 4.78 is 17.1. The van der Waals surface area contributed by atoms with E-state index in [1.54, 1.807) is 25.3 Å². The van der Waals surface area contributed by atoms with Gasteiger partial charge in [-0.2, -0.15) is 5.10 Å². The number of H-pyrrole nitrogens is 1. The largest absolute Gasteiger partial charge is 0.337 e. The van der Waals surface area contributed by atoms with Crippen LogP contribution in [-0.2, 0) is 0 Å². The average molecular weight is 371 g/mol. The van der Waals surface area contributed by atoms with Crippen molar-refractivity contribution in [3.8, 4) is 11.1 Å². The first-order valence-electron chi connectivity index (χ1n) is 8.51. The number of aromatic nitrogens is 4. The molecule has 1 saturated heterocycles. The zero-order chi connectivity index (χ0) is 18.1. The third-order valence-electron chi connectivity index (χ3n) is 4.79. The molecule has 1 amide bonds. The van der Waals surface area contributed by atoms with Crippen molar-refractivity contribution in [2.24, 2.45) is 0 Å². The second kappa shape index (κ2) is 6.95. The molecule has 3 heterocycles. The molecule has 8 heteroatoms. The van der Waals surface area contributed by atoms with Gasteiger partial charge in [0.25, 0.3) is 5.91 Å². The highest BCUT2D eigenvalue weighted by Gasteiger charge is 2.29. The van der Waals surface area contributed by atoms with Crippen LogP contribution in [0.5, 0.6) is 0 Å². The molecule has 0 spiro atoms. The number of halogens is 1. The second-order valence-electron chi connectivity index (χ2n) is 6.48. The number of benzene rings is 1. The number of carbonyl (C=O) groups is 1. The number of piperidine rings is 1. The molecule has 134 valence electrons. The Morgan fingerprint density at radius 1 is 1.35 bits per heavy atom. The maximum absolute atomic E-state index is 13.2. The van der Waals surface area contributed by atoms with Crippen LogP contribution in [0.15, 0.2) is 30.5 Å². The monoisotopic (exact) mass is 371 g/mol. The number of aryl methyl sites for hydroxylation is 1. The Bertz CT molecular complexity index is 920. The summed E-state index contributed by atoms with van der Waals surface area (Å²) in [7, 11) is 0. The van der Waals surface area contributed by atoms with Gasteiger partial charge < -0.3 is 4.90 Å². The van der Waals surface area contributed by atoms with E-state index in [1.807, 2.05) is 4.90 Å². The van der Waals surface area contributed by atoms with E-state index in [-0.39, 0.29) is 17.6 Å². The number of carbonyl (C=O) groups excluding carboxylic acids is 1. The molecular weight excluding hydrogens is 353 g/mol. The highest BCUT2D eigenvalue weighted by Crippen LogP contribution is 2.33. The van der Waals surface area contributed by atoms with Gasteiger partial charge in [-0.1, -0.05) is 16.6 Å². The van der Waals surface area contributed by atoms with Crippen molar-refractivity contribution in [1.29, 1.82) is 0 Å². The Morgan fingerprint density at radius 3 is 2.88 bits per heavy atom. The van der Waals surface area contributed by atoms with Gasteiger partial charge in [-0.15, -0.1) is 5.10 Å². The quantitative estimate of drug-likeness (QED) is 0.766. The molecule has 2 aromatic heterocycles. The van der Waals surface area contributed by atoms with E-state index in [0.717, 1.165) is 47.7 Å². The Kier molecular flexibility index (Phi) is 4.50. The zero-order valence-corrected chi connectivity index (χ0v) is 15.1. The third kappa shape index (κ3) is 3.12. The van der Waals surface area contributed by atoms with Crippen LogP contribution < -0.4 is 0 Å². The predicted molar refractivity (Wildman–Crippen MR) is 96.5 cm³/mol. The Balaban J connectivity index is 1.57. The summed E-state index contributed by atoms with van der Waals surface area (Å²) in [6, 6.07) is 6.40. The van der Waals surface area contributed by atoms with E-state index in [4.69, 9.17) is 0 Å². The Hall–Kier alpha value is -2.61. The SMILES string of the molecule is Cc1nnsc1C(=O)N1CCCC(c2[nH]ncc2-c2ccc(F)cc2)C1.